The number of nitrogens with zero attached hydrogens (tertiary/aromatic N) is 9. The SMILES string of the molecule is c1ccc(-c2ccc(-c3nc(-c4ccccc4)cc(-c4ccc(-n5c6ccccc6c6cc7c(cc65)c5ccccc5n7-c5ccc6ccccc6c5)cc4)n3)cc2)cc1.c1ccc(-c2cccc(-c3nc(-c4ccccc4)nc(-c4ccc(-n5c6ccccc6c6cc7c(cc65)c5ccccc5n7-c5ccccc5-c5ccccc5)cc4)n3)c2)cc1. The first kappa shape index (κ1) is 70.9. The van der Waals surface area contributed by atoms with Gasteiger partial charge in [0.2, 0.25) is 0 Å². The van der Waals surface area contributed by atoms with Gasteiger partial charge in [-0.25, -0.2) is 24.9 Å². The highest BCUT2D eigenvalue weighted by molar-refractivity contribution is 6.21. The van der Waals surface area contributed by atoms with E-state index in [1.165, 1.54) is 104 Å². The summed E-state index contributed by atoms with van der Waals surface area (Å²) in [6.07, 6.45) is 0. The van der Waals surface area contributed by atoms with Gasteiger partial charge in [0.25, 0.3) is 0 Å². The van der Waals surface area contributed by atoms with Crippen LogP contribution in [0.2, 0.25) is 0 Å². The molecule has 0 saturated heterocycles. The van der Waals surface area contributed by atoms with E-state index in [-0.39, 0.29) is 0 Å². The van der Waals surface area contributed by atoms with Gasteiger partial charge < -0.3 is 18.3 Å². The first-order valence-corrected chi connectivity index (χ1v) is 41.3. The number of para-hydroxylation sites is 5. The van der Waals surface area contributed by atoms with Crippen molar-refractivity contribution in [3.8, 4) is 124 Å². The number of hydrogen-bond acceptors (Lipinski definition) is 5. The summed E-state index contributed by atoms with van der Waals surface area (Å²) in [6.45, 7) is 0. The van der Waals surface area contributed by atoms with E-state index in [0.717, 1.165) is 95.2 Å². The van der Waals surface area contributed by atoms with Crippen LogP contribution in [-0.4, -0.2) is 43.2 Å². The molecule has 24 aromatic rings. The Morgan fingerprint density at radius 1 is 0.148 bits per heavy atom. The molecular weight excluding hydrogens is 1480 g/mol. The molecule has 122 heavy (non-hydrogen) atoms. The monoisotopic (exact) mass is 1560 g/mol. The quantitative estimate of drug-likeness (QED) is 0.115. The summed E-state index contributed by atoms with van der Waals surface area (Å²) < 4.78 is 9.67. The zero-order valence-corrected chi connectivity index (χ0v) is 66.2. The summed E-state index contributed by atoms with van der Waals surface area (Å²) in [4.78, 5) is 25.5. The molecule has 0 spiro atoms. The molecule has 570 valence electrons. The highest BCUT2D eigenvalue weighted by Gasteiger charge is 2.24. The number of fused-ring (bicyclic) bond motifs is 13. The number of benzene rings is 18. The fraction of sp³-hybridized carbons (Fsp3) is 0. The van der Waals surface area contributed by atoms with Crippen LogP contribution in [0, 0.1) is 0 Å². The van der Waals surface area contributed by atoms with Crippen LogP contribution in [0.4, 0.5) is 0 Å². The normalized spacial score (nSPS) is 11.6. The van der Waals surface area contributed by atoms with Gasteiger partial charge in [-0.05, 0) is 154 Å². The molecule has 0 aliphatic carbocycles. The van der Waals surface area contributed by atoms with Gasteiger partial charge in [0.1, 0.15) is 0 Å². The molecule has 0 atom stereocenters. The minimum Gasteiger partial charge on any atom is -0.309 e. The average Bonchev–Trinajstić information content (AvgIpc) is 1.56. The van der Waals surface area contributed by atoms with Crippen LogP contribution in [0.1, 0.15) is 0 Å². The van der Waals surface area contributed by atoms with E-state index in [1.54, 1.807) is 0 Å². The molecule has 0 amide bonds. The van der Waals surface area contributed by atoms with Crippen molar-refractivity contribution in [1.29, 1.82) is 0 Å². The zero-order valence-electron chi connectivity index (χ0n) is 66.2. The molecule has 9 heteroatoms. The first-order valence-electron chi connectivity index (χ1n) is 41.3. The minimum absolute atomic E-state index is 0.623. The molecule has 0 saturated carbocycles. The van der Waals surface area contributed by atoms with Crippen LogP contribution >= 0.6 is 0 Å². The van der Waals surface area contributed by atoms with Crippen LogP contribution in [0.15, 0.2) is 443 Å². The van der Waals surface area contributed by atoms with Crippen LogP contribution in [0.25, 0.3) is 222 Å². The Labute approximate surface area is 703 Å². The maximum atomic E-state index is 5.18. The Kier molecular flexibility index (Phi) is 17.4. The Hall–Kier alpha value is -16.5. The summed E-state index contributed by atoms with van der Waals surface area (Å²) in [5.41, 5.74) is 28.5. The summed E-state index contributed by atoms with van der Waals surface area (Å²) in [5, 5.41) is 12.2. The second kappa shape index (κ2) is 29.9. The topological polar surface area (TPSA) is 84.2 Å². The van der Waals surface area contributed by atoms with E-state index in [4.69, 9.17) is 24.9 Å². The maximum Gasteiger partial charge on any atom is 0.164 e. The highest BCUT2D eigenvalue weighted by Crippen LogP contribution is 2.45. The third kappa shape index (κ3) is 12.5. The van der Waals surface area contributed by atoms with E-state index in [0.29, 0.717) is 23.3 Å². The molecule has 24 rings (SSSR count). The predicted molar refractivity (Wildman–Crippen MR) is 506 cm³/mol. The lowest BCUT2D eigenvalue weighted by molar-refractivity contribution is 1.07. The standard InChI is InChI=1S/C57H37N5.C56H36N4/c1-4-17-38(18-5-1)42-23-16-24-43(35-42)57-59-55(40-21-8-3-9-22-40)58-56(60-57)41-31-33-44(34-32-41)61-51-29-14-11-26-46(51)48-37-54-49(36-53(48)61)47-27-12-15-30-52(47)62(54)50-28-13-10-25-45(50)39-19-6-2-7-20-39;1-3-13-37(14-4-1)39-23-25-42(26-24-39)56-57-50(40-16-5-2-6-17-40)36-51(58-56)41-28-30-44(31-29-41)59-52-21-11-9-19-46(52)48-35-55-49(34-54(48)59)47-20-10-12-22-53(47)60(55)45-32-27-38-15-7-8-18-43(38)33-45/h1-37H;1-36H. The van der Waals surface area contributed by atoms with Crippen LogP contribution < -0.4 is 0 Å². The van der Waals surface area contributed by atoms with Crippen molar-refractivity contribution in [3.05, 3.63) is 443 Å². The van der Waals surface area contributed by atoms with Gasteiger partial charge in [-0.15, -0.1) is 0 Å². The molecule has 0 N–H and O–H groups in total. The van der Waals surface area contributed by atoms with Crippen molar-refractivity contribution in [3.63, 3.8) is 0 Å². The van der Waals surface area contributed by atoms with E-state index >= 15 is 0 Å². The van der Waals surface area contributed by atoms with E-state index in [9.17, 15) is 0 Å². The van der Waals surface area contributed by atoms with Gasteiger partial charge in [0.05, 0.1) is 61.2 Å². The lowest BCUT2D eigenvalue weighted by Gasteiger charge is -2.14. The average molecular weight is 1560 g/mol. The summed E-state index contributed by atoms with van der Waals surface area (Å²) >= 11 is 0. The highest BCUT2D eigenvalue weighted by atomic mass is 15.0. The molecule has 0 aliphatic heterocycles. The van der Waals surface area contributed by atoms with Crippen LogP contribution in [0.5, 0.6) is 0 Å². The molecule has 0 fully saturated rings. The third-order valence-electron chi connectivity index (χ3n) is 23.9. The molecule has 0 bridgehead atoms. The van der Waals surface area contributed by atoms with Gasteiger partial charge in [-0.2, -0.15) is 0 Å². The van der Waals surface area contributed by atoms with Gasteiger partial charge in [-0.3, -0.25) is 0 Å². The lowest BCUT2D eigenvalue weighted by Crippen LogP contribution is -2.00. The van der Waals surface area contributed by atoms with Gasteiger partial charge in [0, 0.05) is 99.1 Å². The minimum atomic E-state index is 0.623. The van der Waals surface area contributed by atoms with Crippen LogP contribution in [-0.2, 0) is 0 Å². The largest absolute Gasteiger partial charge is 0.309 e. The Morgan fingerprint density at radius 3 is 0.967 bits per heavy atom. The van der Waals surface area contributed by atoms with Gasteiger partial charge >= 0.3 is 0 Å². The fourth-order valence-electron chi connectivity index (χ4n) is 18.1. The second-order valence-corrected chi connectivity index (χ2v) is 31.1. The maximum absolute atomic E-state index is 5.18. The smallest absolute Gasteiger partial charge is 0.164 e. The fourth-order valence-corrected chi connectivity index (χ4v) is 18.1. The van der Waals surface area contributed by atoms with Crippen molar-refractivity contribution in [2.45, 2.75) is 0 Å². The van der Waals surface area contributed by atoms with Crippen molar-refractivity contribution in [2.75, 3.05) is 0 Å². The molecule has 6 heterocycles. The number of hydrogen-bond donors (Lipinski definition) is 0. The number of aromatic nitrogens is 9. The molecule has 0 unspecified atom stereocenters. The first-order chi connectivity index (χ1) is 60.5. The molecule has 6 aromatic heterocycles. The summed E-state index contributed by atoms with van der Waals surface area (Å²) in [6, 6.07) is 157. The van der Waals surface area contributed by atoms with Crippen molar-refractivity contribution < 1.29 is 0 Å². The van der Waals surface area contributed by atoms with Gasteiger partial charge in [-0.1, -0.05) is 328 Å². The zero-order chi connectivity index (χ0) is 80.6. The summed E-state index contributed by atoms with van der Waals surface area (Å²) in [5.74, 6) is 2.59. The van der Waals surface area contributed by atoms with Crippen molar-refractivity contribution in [2.24, 2.45) is 0 Å². The van der Waals surface area contributed by atoms with Crippen molar-refractivity contribution in [1.82, 2.24) is 43.2 Å². The molecule has 18 aromatic carbocycles. The predicted octanol–water partition coefficient (Wildman–Crippen LogP) is 28.9. The molecule has 0 aliphatic rings. The summed E-state index contributed by atoms with van der Waals surface area (Å²) in [7, 11) is 0. The van der Waals surface area contributed by atoms with E-state index in [2.05, 4.69) is 413 Å². The van der Waals surface area contributed by atoms with E-state index < -0.39 is 0 Å². The van der Waals surface area contributed by atoms with E-state index in [1.807, 2.05) is 48.5 Å². The second-order valence-electron chi connectivity index (χ2n) is 31.1. The Morgan fingerprint density at radius 2 is 0.459 bits per heavy atom. The van der Waals surface area contributed by atoms with Gasteiger partial charge in [0.15, 0.2) is 23.3 Å². The third-order valence-corrected chi connectivity index (χ3v) is 23.9. The Bertz CT molecular complexity index is 8140. The van der Waals surface area contributed by atoms with Crippen molar-refractivity contribution >= 4 is 98.0 Å². The molecule has 0 radical (unpaired) electrons. The number of rotatable bonds is 13. The molecular formula is C113H73N9. The molecule has 9 nitrogen and oxygen atoms in total. The lowest BCUT2D eigenvalue weighted by atomic mass is 10.0. The van der Waals surface area contributed by atoms with Crippen LogP contribution in [0.3, 0.4) is 0 Å². The Balaban J connectivity index is 0.000000142.